The highest BCUT2D eigenvalue weighted by molar-refractivity contribution is 7.92. The third-order valence-corrected chi connectivity index (χ3v) is 6.81. The Bertz CT molecular complexity index is 1290. The van der Waals surface area contributed by atoms with Gasteiger partial charge in [-0.05, 0) is 37.0 Å². The topological polar surface area (TPSA) is 113 Å². The van der Waals surface area contributed by atoms with Crippen molar-refractivity contribution in [3.8, 4) is 11.4 Å². The van der Waals surface area contributed by atoms with Gasteiger partial charge in [-0.2, -0.15) is 0 Å². The predicted molar refractivity (Wildman–Crippen MR) is 131 cm³/mol. The number of hydrogen-bond donors (Lipinski definition) is 2. The number of nitrogens with zero attached hydrogens (tertiary/aromatic N) is 3. The van der Waals surface area contributed by atoms with Crippen molar-refractivity contribution in [3.05, 3.63) is 66.5 Å². The number of hydrogen-bond acceptors (Lipinski definition) is 5. The Morgan fingerprint density at radius 2 is 1.88 bits per heavy atom. The van der Waals surface area contributed by atoms with E-state index in [1.54, 1.807) is 24.4 Å². The second kappa shape index (κ2) is 10.1. The van der Waals surface area contributed by atoms with E-state index >= 15 is 0 Å². The molecule has 0 atom stereocenters. The van der Waals surface area contributed by atoms with Crippen LogP contribution in [0.5, 0.6) is 0 Å². The molecule has 0 unspecified atom stereocenters. The lowest BCUT2D eigenvalue weighted by molar-refractivity contribution is -0.136. The minimum Gasteiger partial charge on any atom is -0.348 e. The Labute approximate surface area is 198 Å². The second-order valence-corrected chi connectivity index (χ2v) is 10.1. The van der Waals surface area contributed by atoms with E-state index < -0.39 is 21.8 Å². The van der Waals surface area contributed by atoms with Gasteiger partial charge in [0.15, 0.2) is 0 Å². The zero-order valence-electron chi connectivity index (χ0n) is 18.9. The number of anilines is 2. The smallest absolute Gasteiger partial charge is 0.313 e. The molecule has 0 saturated carbocycles. The first kappa shape index (κ1) is 23.5. The van der Waals surface area contributed by atoms with E-state index in [0.29, 0.717) is 37.4 Å². The van der Waals surface area contributed by atoms with Crippen molar-refractivity contribution >= 4 is 33.2 Å². The summed E-state index contributed by atoms with van der Waals surface area (Å²) in [5.41, 5.74) is 2.82. The number of carbonyl (C=O) groups excluding carboxylic acids is 2. The average molecular weight is 482 g/mol. The lowest BCUT2D eigenvalue weighted by Gasteiger charge is -2.29. The van der Waals surface area contributed by atoms with Crippen LogP contribution in [0.15, 0.2) is 60.9 Å². The third-order valence-electron chi connectivity index (χ3n) is 5.63. The van der Waals surface area contributed by atoms with Gasteiger partial charge in [0.05, 0.1) is 11.9 Å². The van der Waals surface area contributed by atoms with Gasteiger partial charge in [0.1, 0.15) is 5.82 Å². The minimum absolute atomic E-state index is 0.324. The van der Waals surface area contributed by atoms with Gasteiger partial charge in [-0.1, -0.05) is 36.4 Å². The Hall–Kier alpha value is -3.66. The maximum Gasteiger partial charge on any atom is 0.313 e. The van der Waals surface area contributed by atoms with E-state index in [-0.39, 0.29) is 0 Å². The van der Waals surface area contributed by atoms with Gasteiger partial charge >= 0.3 is 11.8 Å². The molecule has 2 N–H and O–H groups in total. The van der Waals surface area contributed by atoms with Crippen molar-refractivity contribution in [1.29, 1.82) is 0 Å². The number of carbonyl (C=O) groups is 2. The van der Waals surface area contributed by atoms with E-state index in [0.717, 1.165) is 36.0 Å². The second-order valence-electron chi connectivity index (χ2n) is 8.16. The van der Waals surface area contributed by atoms with Gasteiger partial charge < -0.3 is 15.2 Å². The summed E-state index contributed by atoms with van der Waals surface area (Å²) < 4.78 is 27.5. The fraction of sp³-hybridized carbons (Fsp3) is 0.292. The molecule has 10 heteroatoms. The van der Waals surface area contributed by atoms with E-state index in [9.17, 15) is 18.0 Å². The molecule has 1 aliphatic rings. The highest BCUT2D eigenvalue weighted by atomic mass is 32.2. The first-order valence-corrected chi connectivity index (χ1v) is 12.9. The Morgan fingerprint density at radius 3 is 2.65 bits per heavy atom. The van der Waals surface area contributed by atoms with Crippen LogP contribution in [0.2, 0.25) is 0 Å². The summed E-state index contributed by atoms with van der Waals surface area (Å²) in [5.74, 6) is -0.693. The predicted octanol–water partition coefficient (Wildman–Crippen LogP) is 2.41. The van der Waals surface area contributed by atoms with Crippen LogP contribution in [0, 0.1) is 0 Å². The maximum atomic E-state index is 12.4. The molecule has 1 aliphatic heterocycles. The minimum atomic E-state index is -3.42. The van der Waals surface area contributed by atoms with E-state index in [1.807, 2.05) is 41.1 Å². The van der Waals surface area contributed by atoms with Crippen molar-refractivity contribution in [1.82, 2.24) is 14.9 Å². The summed E-state index contributed by atoms with van der Waals surface area (Å²) in [6.07, 6.45) is 6.90. The summed E-state index contributed by atoms with van der Waals surface area (Å²) in [5, 5.41) is 5.19. The normalized spacial score (nSPS) is 13.3. The molecule has 34 heavy (non-hydrogen) atoms. The van der Waals surface area contributed by atoms with Crippen LogP contribution in [0.25, 0.3) is 11.4 Å². The molecule has 4 rings (SSSR count). The number of aromatic nitrogens is 2. The van der Waals surface area contributed by atoms with Gasteiger partial charge in [0.2, 0.25) is 10.0 Å². The van der Waals surface area contributed by atoms with E-state index in [4.69, 9.17) is 0 Å². The summed E-state index contributed by atoms with van der Waals surface area (Å²) in [7, 11) is -3.42. The van der Waals surface area contributed by atoms with E-state index in [2.05, 4.69) is 15.6 Å². The number of sulfonamides is 1. The molecule has 0 aliphatic carbocycles. The third kappa shape index (κ3) is 5.45. The zero-order valence-corrected chi connectivity index (χ0v) is 19.7. The van der Waals surface area contributed by atoms with Gasteiger partial charge in [0, 0.05) is 43.3 Å². The summed E-state index contributed by atoms with van der Waals surface area (Å²) in [6, 6.07) is 14.9. The standard InChI is InChI=1S/C24H27N5O4S/c1-34(32,33)29-15-5-9-18-10-11-20(17-21(18)29)27-24(31)23(30)26-12-6-14-28-16-13-25-22(28)19-7-3-2-4-8-19/h2-4,7-8,10-11,13,16-17H,5-6,9,12,14-15H2,1H3,(H,26,30)(H,27,31). The van der Waals surface area contributed by atoms with Crippen molar-refractivity contribution in [2.75, 3.05) is 29.0 Å². The van der Waals surface area contributed by atoms with Crippen LogP contribution in [0.3, 0.4) is 0 Å². The molecule has 0 bridgehead atoms. The van der Waals surface area contributed by atoms with Gasteiger partial charge in [-0.3, -0.25) is 13.9 Å². The number of fused-ring (bicyclic) bond motifs is 1. The molecule has 2 aromatic carbocycles. The number of aryl methyl sites for hydroxylation is 2. The molecule has 2 amide bonds. The number of benzene rings is 2. The SMILES string of the molecule is CS(=O)(=O)N1CCCc2ccc(NC(=O)C(=O)NCCCn3ccnc3-c3ccccc3)cc21. The number of rotatable bonds is 7. The van der Waals surface area contributed by atoms with Gasteiger partial charge in [-0.25, -0.2) is 13.4 Å². The highest BCUT2D eigenvalue weighted by Gasteiger charge is 2.24. The van der Waals surface area contributed by atoms with Crippen LogP contribution in [0.1, 0.15) is 18.4 Å². The Balaban J connectivity index is 1.30. The number of nitrogens with one attached hydrogen (secondary N) is 2. The van der Waals surface area contributed by atoms with Crippen LogP contribution in [-0.2, 0) is 32.6 Å². The van der Waals surface area contributed by atoms with Crippen LogP contribution < -0.4 is 14.9 Å². The van der Waals surface area contributed by atoms with Crippen LogP contribution >= 0.6 is 0 Å². The molecule has 0 saturated heterocycles. The first-order chi connectivity index (χ1) is 16.3. The van der Waals surface area contributed by atoms with Crippen molar-refractivity contribution in [2.45, 2.75) is 25.8 Å². The Kier molecular flexibility index (Phi) is 6.97. The molecule has 3 aromatic rings. The average Bonchev–Trinajstić information content (AvgIpc) is 3.29. The van der Waals surface area contributed by atoms with Crippen molar-refractivity contribution in [3.63, 3.8) is 0 Å². The van der Waals surface area contributed by atoms with Crippen LogP contribution in [-0.4, -0.2) is 49.1 Å². The molecule has 178 valence electrons. The summed E-state index contributed by atoms with van der Waals surface area (Å²) in [6.45, 7) is 1.36. The zero-order chi connectivity index (χ0) is 24.1. The molecule has 0 radical (unpaired) electrons. The molecule has 0 spiro atoms. The molecule has 0 fully saturated rings. The molecule has 2 heterocycles. The van der Waals surface area contributed by atoms with Gasteiger partial charge in [0.25, 0.3) is 0 Å². The lowest BCUT2D eigenvalue weighted by atomic mass is 10.0. The maximum absolute atomic E-state index is 12.4. The monoisotopic (exact) mass is 481 g/mol. The first-order valence-electron chi connectivity index (χ1n) is 11.1. The molecular formula is C24H27N5O4S. The summed E-state index contributed by atoms with van der Waals surface area (Å²) in [4.78, 5) is 29.0. The number of amides is 2. The van der Waals surface area contributed by atoms with Gasteiger partial charge in [-0.15, -0.1) is 0 Å². The molecule has 9 nitrogen and oxygen atoms in total. The summed E-state index contributed by atoms with van der Waals surface area (Å²) >= 11 is 0. The lowest BCUT2D eigenvalue weighted by Crippen LogP contribution is -2.36. The molecular weight excluding hydrogens is 454 g/mol. The van der Waals surface area contributed by atoms with Crippen LogP contribution in [0.4, 0.5) is 11.4 Å². The highest BCUT2D eigenvalue weighted by Crippen LogP contribution is 2.31. The van der Waals surface area contributed by atoms with Crippen molar-refractivity contribution in [2.24, 2.45) is 0 Å². The Morgan fingerprint density at radius 1 is 1.09 bits per heavy atom. The quantitative estimate of drug-likeness (QED) is 0.397. The molecule has 1 aromatic heterocycles. The van der Waals surface area contributed by atoms with E-state index in [1.165, 1.54) is 4.31 Å². The van der Waals surface area contributed by atoms with Crippen molar-refractivity contribution < 1.29 is 18.0 Å². The largest absolute Gasteiger partial charge is 0.348 e. The fourth-order valence-corrected chi connectivity index (χ4v) is 5.01. The fourth-order valence-electron chi connectivity index (χ4n) is 4.02. The number of imidazole rings is 1.